The summed E-state index contributed by atoms with van der Waals surface area (Å²) >= 11 is 5.95. The number of nitrogens with one attached hydrogen (secondary N) is 1. The van der Waals surface area contributed by atoms with Gasteiger partial charge in [-0.05, 0) is 30.5 Å². The van der Waals surface area contributed by atoms with E-state index in [1.807, 2.05) is 24.3 Å². The van der Waals surface area contributed by atoms with E-state index in [1.165, 1.54) is 4.90 Å². The smallest absolute Gasteiger partial charge is 0.316 e. The van der Waals surface area contributed by atoms with Crippen LogP contribution in [0.4, 0.5) is 4.79 Å². The molecule has 3 amide bonds. The molecular weight excluding hydrogens is 342 g/mol. The molecule has 0 saturated carbocycles. The van der Waals surface area contributed by atoms with Crippen LogP contribution in [0.3, 0.4) is 0 Å². The number of piperidine rings is 1. The molecule has 0 radical (unpaired) electrons. The van der Waals surface area contributed by atoms with Crippen LogP contribution in [0.25, 0.3) is 0 Å². The largest absolute Gasteiger partial charge is 0.391 e. The molecule has 0 bridgehead atoms. The van der Waals surface area contributed by atoms with E-state index in [0.29, 0.717) is 43.9 Å². The number of β-amino-alcohol motifs (C(OH)–C–C–N with tert-alkyl or cyclic N) is 1. The zero-order valence-corrected chi connectivity index (χ0v) is 15.5. The summed E-state index contributed by atoms with van der Waals surface area (Å²) in [5, 5.41) is 13.7. The molecule has 0 unspecified atom stereocenters. The predicted molar refractivity (Wildman–Crippen MR) is 97.6 cm³/mol. The average molecular weight is 368 g/mol. The number of aryl methyl sites for hydroxylation is 1. The van der Waals surface area contributed by atoms with Gasteiger partial charge in [0.1, 0.15) is 0 Å². The molecule has 1 aliphatic heterocycles. The summed E-state index contributed by atoms with van der Waals surface area (Å²) in [7, 11) is 3.35. The first-order chi connectivity index (χ1) is 11.9. The maximum Gasteiger partial charge on any atom is 0.316 e. The molecule has 1 aliphatic rings. The van der Waals surface area contributed by atoms with Gasteiger partial charge in [-0.1, -0.05) is 23.7 Å². The molecule has 1 fully saturated rings. The van der Waals surface area contributed by atoms with Crippen molar-refractivity contribution in [1.82, 2.24) is 15.1 Å². The number of hydrogen-bond acceptors (Lipinski definition) is 3. The number of benzene rings is 1. The second-order valence-corrected chi connectivity index (χ2v) is 7.10. The summed E-state index contributed by atoms with van der Waals surface area (Å²) in [6, 6.07) is 7.33. The lowest BCUT2D eigenvalue weighted by atomic mass is 9.93. The van der Waals surface area contributed by atoms with Crippen LogP contribution in [0.15, 0.2) is 24.3 Å². The third-order valence-corrected chi connectivity index (χ3v) is 4.75. The minimum atomic E-state index is -0.619. The van der Waals surface area contributed by atoms with Crippen molar-refractivity contribution in [2.45, 2.75) is 25.4 Å². The maximum atomic E-state index is 12.4. The number of likely N-dealkylation sites (tertiary alicyclic amines) is 1. The lowest BCUT2D eigenvalue weighted by Crippen LogP contribution is -2.50. The first kappa shape index (κ1) is 19.5. The number of amides is 3. The van der Waals surface area contributed by atoms with Gasteiger partial charge in [0.25, 0.3) is 0 Å². The Morgan fingerprint density at radius 1 is 1.40 bits per heavy atom. The molecule has 138 valence electrons. The van der Waals surface area contributed by atoms with E-state index in [0.717, 1.165) is 5.56 Å². The SMILES string of the molecule is CN(C)C(=O)NC[C@@H]1CCN(C(=O)CCc2cccc(Cl)c2)C[C@H]1O. The lowest BCUT2D eigenvalue weighted by molar-refractivity contribution is -0.135. The molecular formula is C18H26ClN3O3. The third-order valence-electron chi connectivity index (χ3n) is 4.51. The van der Waals surface area contributed by atoms with E-state index < -0.39 is 6.10 Å². The van der Waals surface area contributed by atoms with Crippen molar-refractivity contribution in [3.05, 3.63) is 34.9 Å². The highest BCUT2D eigenvalue weighted by molar-refractivity contribution is 6.30. The van der Waals surface area contributed by atoms with Crippen LogP contribution < -0.4 is 5.32 Å². The van der Waals surface area contributed by atoms with E-state index in [2.05, 4.69) is 5.32 Å². The van der Waals surface area contributed by atoms with Crippen LogP contribution in [0.1, 0.15) is 18.4 Å². The molecule has 2 rings (SSSR count). The highest BCUT2D eigenvalue weighted by Gasteiger charge is 2.30. The Hall–Kier alpha value is -1.79. The van der Waals surface area contributed by atoms with Gasteiger partial charge in [0, 0.05) is 51.1 Å². The maximum absolute atomic E-state index is 12.4. The summed E-state index contributed by atoms with van der Waals surface area (Å²) in [4.78, 5) is 27.1. The first-order valence-corrected chi connectivity index (χ1v) is 8.90. The molecule has 1 heterocycles. The van der Waals surface area contributed by atoms with Crippen molar-refractivity contribution >= 4 is 23.5 Å². The Bertz CT molecular complexity index is 609. The zero-order chi connectivity index (χ0) is 18.4. The normalized spacial score (nSPS) is 20.2. The fraction of sp³-hybridized carbons (Fsp3) is 0.556. The van der Waals surface area contributed by atoms with Gasteiger partial charge in [-0.2, -0.15) is 0 Å². The molecule has 1 saturated heterocycles. The Balaban J connectivity index is 1.77. The number of aliphatic hydroxyl groups is 1. The van der Waals surface area contributed by atoms with Crippen molar-refractivity contribution in [2.24, 2.45) is 5.92 Å². The standard InChI is InChI=1S/C18H26ClN3O3/c1-21(2)18(25)20-11-14-8-9-22(12-16(14)23)17(24)7-6-13-4-3-5-15(19)10-13/h3-5,10,14,16,23H,6-9,11-12H2,1-2H3,(H,20,25)/t14-,16+/m0/s1. The van der Waals surface area contributed by atoms with E-state index in [-0.39, 0.29) is 17.9 Å². The number of hydrogen-bond donors (Lipinski definition) is 2. The zero-order valence-electron chi connectivity index (χ0n) is 14.7. The van der Waals surface area contributed by atoms with Crippen LogP contribution in [0, 0.1) is 5.92 Å². The predicted octanol–water partition coefficient (Wildman–Crippen LogP) is 1.75. The van der Waals surface area contributed by atoms with E-state index in [4.69, 9.17) is 11.6 Å². The second kappa shape index (κ2) is 9.06. The third kappa shape index (κ3) is 5.90. The van der Waals surface area contributed by atoms with E-state index >= 15 is 0 Å². The van der Waals surface area contributed by atoms with Gasteiger partial charge in [-0.25, -0.2) is 4.79 Å². The Morgan fingerprint density at radius 2 is 2.16 bits per heavy atom. The first-order valence-electron chi connectivity index (χ1n) is 8.52. The van der Waals surface area contributed by atoms with Gasteiger partial charge in [-0.15, -0.1) is 0 Å². The van der Waals surface area contributed by atoms with Crippen LogP contribution in [0.5, 0.6) is 0 Å². The molecule has 1 aromatic rings. The number of halogens is 1. The average Bonchev–Trinajstić information content (AvgIpc) is 2.58. The fourth-order valence-electron chi connectivity index (χ4n) is 2.92. The van der Waals surface area contributed by atoms with Crippen molar-refractivity contribution in [2.75, 3.05) is 33.7 Å². The van der Waals surface area contributed by atoms with Gasteiger partial charge >= 0.3 is 6.03 Å². The van der Waals surface area contributed by atoms with Crippen molar-refractivity contribution in [3.8, 4) is 0 Å². The molecule has 0 aromatic heterocycles. The van der Waals surface area contributed by atoms with Gasteiger partial charge in [0.15, 0.2) is 0 Å². The van der Waals surface area contributed by atoms with Gasteiger partial charge in [-0.3, -0.25) is 4.79 Å². The van der Waals surface area contributed by atoms with Crippen LogP contribution in [0.2, 0.25) is 5.02 Å². The lowest BCUT2D eigenvalue weighted by Gasteiger charge is -2.36. The van der Waals surface area contributed by atoms with Gasteiger partial charge in [0.05, 0.1) is 6.10 Å². The highest BCUT2D eigenvalue weighted by atomic mass is 35.5. The quantitative estimate of drug-likeness (QED) is 0.832. The summed E-state index contributed by atoms with van der Waals surface area (Å²) in [6.07, 6.45) is 1.09. The molecule has 2 N–H and O–H groups in total. The number of rotatable bonds is 5. The minimum absolute atomic E-state index is 0.0270. The van der Waals surface area contributed by atoms with Crippen molar-refractivity contribution in [3.63, 3.8) is 0 Å². The topological polar surface area (TPSA) is 72.9 Å². The number of nitrogens with zero attached hydrogens (tertiary/aromatic N) is 2. The molecule has 0 aliphatic carbocycles. The van der Waals surface area contributed by atoms with Crippen molar-refractivity contribution < 1.29 is 14.7 Å². The van der Waals surface area contributed by atoms with Crippen molar-refractivity contribution in [1.29, 1.82) is 0 Å². The summed E-state index contributed by atoms with van der Waals surface area (Å²) in [6.45, 7) is 1.34. The Kier molecular flexibility index (Phi) is 7.08. The molecule has 25 heavy (non-hydrogen) atoms. The summed E-state index contributed by atoms with van der Waals surface area (Å²) in [5.41, 5.74) is 1.03. The Labute approximate surface area is 153 Å². The number of carbonyl (C=O) groups excluding carboxylic acids is 2. The molecule has 6 nitrogen and oxygen atoms in total. The molecule has 7 heteroatoms. The molecule has 1 aromatic carbocycles. The monoisotopic (exact) mass is 367 g/mol. The number of aliphatic hydroxyl groups excluding tert-OH is 1. The van der Waals surface area contributed by atoms with Crippen LogP contribution >= 0.6 is 11.6 Å². The minimum Gasteiger partial charge on any atom is -0.391 e. The summed E-state index contributed by atoms with van der Waals surface area (Å²) in [5.74, 6) is 0.00989. The van der Waals surface area contributed by atoms with Crippen LogP contribution in [-0.2, 0) is 11.2 Å². The highest BCUT2D eigenvalue weighted by Crippen LogP contribution is 2.19. The van der Waals surface area contributed by atoms with E-state index in [1.54, 1.807) is 19.0 Å². The fourth-order valence-corrected chi connectivity index (χ4v) is 3.14. The second-order valence-electron chi connectivity index (χ2n) is 6.67. The number of carbonyl (C=O) groups is 2. The van der Waals surface area contributed by atoms with Gasteiger partial charge < -0.3 is 20.2 Å². The summed E-state index contributed by atoms with van der Waals surface area (Å²) < 4.78 is 0. The molecule has 2 atom stereocenters. The Morgan fingerprint density at radius 3 is 2.80 bits per heavy atom. The van der Waals surface area contributed by atoms with E-state index in [9.17, 15) is 14.7 Å². The number of urea groups is 1. The van der Waals surface area contributed by atoms with Crippen LogP contribution in [-0.4, -0.2) is 66.7 Å². The van der Waals surface area contributed by atoms with Gasteiger partial charge in [0.2, 0.25) is 5.91 Å². The molecule has 0 spiro atoms.